The Hall–Kier alpha value is -0.850. The number of hydrogen-bond acceptors (Lipinski definition) is 1. The van der Waals surface area contributed by atoms with Crippen molar-refractivity contribution in [3.63, 3.8) is 0 Å². The third-order valence-electron chi connectivity index (χ3n) is 1.62. The SMILES string of the molecule is CC1C=CC=CC1C=O. The number of rotatable bonds is 1. The average Bonchev–Trinajstić information content (AvgIpc) is 1.89. The van der Waals surface area contributed by atoms with Crippen LogP contribution in [0.5, 0.6) is 0 Å². The smallest absolute Gasteiger partial charge is 0.127 e. The van der Waals surface area contributed by atoms with Gasteiger partial charge >= 0.3 is 0 Å². The summed E-state index contributed by atoms with van der Waals surface area (Å²) in [4.78, 5) is 10.3. The topological polar surface area (TPSA) is 17.1 Å². The highest BCUT2D eigenvalue weighted by molar-refractivity contribution is 5.58. The minimum atomic E-state index is 0.106. The summed E-state index contributed by atoms with van der Waals surface area (Å²) in [5.74, 6) is 0.488. The molecule has 0 N–H and O–H groups in total. The summed E-state index contributed by atoms with van der Waals surface area (Å²) in [6.45, 7) is 2.04. The van der Waals surface area contributed by atoms with Crippen molar-refractivity contribution < 1.29 is 4.79 Å². The molecule has 2 unspecified atom stereocenters. The van der Waals surface area contributed by atoms with Gasteiger partial charge in [-0.1, -0.05) is 31.2 Å². The van der Waals surface area contributed by atoms with Crippen molar-refractivity contribution in [3.05, 3.63) is 24.3 Å². The first kappa shape index (κ1) is 6.27. The first-order chi connectivity index (χ1) is 4.34. The molecule has 0 bridgehead atoms. The molecule has 1 aliphatic carbocycles. The first-order valence-corrected chi connectivity index (χ1v) is 3.15. The second kappa shape index (κ2) is 2.62. The van der Waals surface area contributed by atoms with Crippen molar-refractivity contribution in [1.29, 1.82) is 0 Å². The summed E-state index contributed by atoms with van der Waals surface area (Å²) < 4.78 is 0. The van der Waals surface area contributed by atoms with Crippen molar-refractivity contribution in [2.75, 3.05) is 0 Å². The lowest BCUT2D eigenvalue weighted by molar-refractivity contribution is -0.110. The quantitative estimate of drug-likeness (QED) is 0.482. The molecule has 48 valence electrons. The largest absolute Gasteiger partial charge is 0.303 e. The molecule has 0 aromatic heterocycles. The summed E-state index contributed by atoms with van der Waals surface area (Å²) in [5.41, 5.74) is 0. The Labute approximate surface area is 55.1 Å². The summed E-state index contributed by atoms with van der Waals surface area (Å²) in [5, 5.41) is 0. The molecular weight excluding hydrogens is 112 g/mol. The van der Waals surface area contributed by atoms with Crippen LogP contribution < -0.4 is 0 Å². The van der Waals surface area contributed by atoms with Gasteiger partial charge in [0.2, 0.25) is 0 Å². The van der Waals surface area contributed by atoms with Crippen LogP contribution in [0.3, 0.4) is 0 Å². The molecule has 0 aromatic carbocycles. The Bertz CT molecular complexity index is 156. The van der Waals surface area contributed by atoms with E-state index in [4.69, 9.17) is 0 Å². The van der Waals surface area contributed by atoms with E-state index < -0.39 is 0 Å². The van der Waals surface area contributed by atoms with E-state index in [9.17, 15) is 4.79 Å². The number of carbonyl (C=O) groups is 1. The van der Waals surface area contributed by atoms with E-state index in [-0.39, 0.29) is 5.92 Å². The molecule has 0 saturated heterocycles. The number of allylic oxidation sites excluding steroid dienone is 4. The van der Waals surface area contributed by atoms with Gasteiger partial charge in [0.15, 0.2) is 0 Å². The number of hydrogen-bond donors (Lipinski definition) is 0. The van der Waals surface area contributed by atoms with Crippen LogP contribution in [-0.4, -0.2) is 6.29 Å². The van der Waals surface area contributed by atoms with E-state index in [0.717, 1.165) is 6.29 Å². The predicted molar refractivity (Wildman–Crippen MR) is 37.0 cm³/mol. The molecule has 0 spiro atoms. The molecule has 0 aromatic rings. The second-order valence-electron chi connectivity index (χ2n) is 2.34. The van der Waals surface area contributed by atoms with Crippen LogP contribution in [0.4, 0.5) is 0 Å². The van der Waals surface area contributed by atoms with Crippen molar-refractivity contribution in [2.45, 2.75) is 6.92 Å². The molecule has 1 nitrogen and oxygen atoms in total. The fraction of sp³-hybridized carbons (Fsp3) is 0.375. The summed E-state index contributed by atoms with van der Waals surface area (Å²) >= 11 is 0. The minimum Gasteiger partial charge on any atom is -0.303 e. The zero-order valence-corrected chi connectivity index (χ0v) is 5.45. The van der Waals surface area contributed by atoms with Gasteiger partial charge in [0, 0.05) is 5.92 Å². The van der Waals surface area contributed by atoms with Crippen molar-refractivity contribution in [1.82, 2.24) is 0 Å². The van der Waals surface area contributed by atoms with Crippen LogP contribution in [0.15, 0.2) is 24.3 Å². The van der Waals surface area contributed by atoms with Crippen LogP contribution in [-0.2, 0) is 4.79 Å². The van der Waals surface area contributed by atoms with Crippen LogP contribution >= 0.6 is 0 Å². The molecule has 0 aliphatic heterocycles. The zero-order chi connectivity index (χ0) is 6.69. The fourth-order valence-corrected chi connectivity index (χ4v) is 0.905. The van der Waals surface area contributed by atoms with E-state index in [0.29, 0.717) is 5.92 Å². The Kier molecular flexibility index (Phi) is 1.83. The van der Waals surface area contributed by atoms with Crippen molar-refractivity contribution in [2.24, 2.45) is 11.8 Å². The Morgan fingerprint density at radius 3 is 2.44 bits per heavy atom. The maximum absolute atomic E-state index is 10.3. The molecule has 1 heteroatoms. The normalized spacial score (nSPS) is 32.6. The lowest BCUT2D eigenvalue weighted by Crippen LogP contribution is -2.09. The second-order valence-corrected chi connectivity index (χ2v) is 2.34. The average molecular weight is 122 g/mol. The van der Waals surface area contributed by atoms with Crippen molar-refractivity contribution in [3.8, 4) is 0 Å². The Morgan fingerprint density at radius 2 is 2.00 bits per heavy atom. The van der Waals surface area contributed by atoms with E-state index in [2.05, 4.69) is 0 Å². The molecule has 9 heavy (non-hydrogen) atoms. The Balaban J connectivity index is 2.65. The molecular formula is C8H10O. The third-order valence-corrected chi connectivity index (χ3v) is 1.62. The lowest BCUT2D eigenvalue weighted by atomic mass is 9.92. The standard InChI is InChI=1S/C8H10O/c1-7-4-2-3-5-8(7)6-9/h2-8H,1H3. The molecule has 0 fully saturated rings. The number of carbonyl (C=O) groups excluding carboxylic acids is 1. The van der Waals surface area contributed by atoms with Gasteiger partial charge in [-0.3, -0.25) is 0 Å². The minimum absolute atomic E-state index is 0.106. The summed E-state index contributed by atoms with van der Waals surface area (Å²) in [6, 6.07) is 0. The highest BCUT2D eigenvalue weighted by Crippen LogP contribution is 2.15. The lowest BCUT2D eigenvalue weighted by Gasteiger charge is -2.12. The maximum atomic E-state index is 10.3. The van der Waals surface area contributed by atoms with E-state index in [1.54, 1.807) is 0 Å². The van der Waals surface area contributed by atoms with E-state index in [1.165, 1.54) is 0 Å². The van der Waals surface area contributed by atoms with Crippen LogP contribution in [0, 0.1) is 11.8 Å². The van der Waals surface area contributed by atoms with Crippen LogP contribution in [0.1, 0.15) is 6.92 Å². The summed E-state index contributed by atoms with van der Waals surface area (Å²) in [7, 11) is 0. The maximum Gasteiger partial charge on any atom is 0.127 e. The van der Waals surface area contributed by atoms with Gasteiger partial charge < -0.3 is 4.79 Å². The molecule has 1 rings (SSSR count). The number of aldehydes is 1. The molecule has 0 amide bonds. The van der Waals surface area contributed by atoms with Gasteiger partial charge in [0.25, 0.3) is 0 Å². The Morgan fingerprint density at radius 1 is 1.33 bits per heavy atom. The van der Waals surface area contributed by atoms with Gasteiger partial charge in [-0.15, -0.1) is 0 Å². The van der Waals surface area contributed by atoms with Gasteiger partial charge in [-0.2, -0.15) is 0 Å². The molecule has 1 aliphatic rings. The van der Waals surface area contributed by atoms with Gasteiger partial charge in [0.05, 0.1) is 0 Å². The summed E-state index contributed by atoms with van der Waals surface area (Å²) in [6.07, 6.45) is 8.85. The molecule has 0 saturated carbocycles. The van der Waals surface area contributed by atoms with Gasteiger partial charge in [0.1, 0.15) is 6.29 Å². The molecule has 0 radical (unpaired) electrons. The zero-order valence-electron chi connectivity index (χ0n) is 5.45. The van der Waals surface area contributed by atoms with E-state index in [1.807, 2.05) is 31.2 Å². The predicted octanol–water partition coefficient (Wildman–Crippen LogP) is 1.56. The van der Waals surface area contributed by atoms with Crippen LogP contribution in [0.25, 0.3) is 0 Å². The third kappa shape index (κ3) is 1.28. The fourth-order valence-electron chi connectivity index (χ4n) is 0.905. The van der Waals surface area contributed by atoms with Gasteiger partial charge in [-0.05, 0) is 5.92 Å². The van der Waals surface area contributed by atoms with Crippen molar-refractivity contribution >= 4 is 6.29 Å². The monoisotopic (exact) mass is 122 g/mol. The highest BCUT2D eigenvalue weighted by atomic mass is 16.1. The van der Waals surface area contributed by atoms with Crippen LogP contribution in [0.2, 0.25) is 0 Å². The van der Waals surface area contributed by atoms with Gasteiger partial charge in [-0.25, -0.2) is 0 Å². The first-order valence-electron chi connectivity index (χ1n) is 3.15. The highest BCUT2D eigenvalue weighted by Gasteiger charge is 2.11. The van der Waals surface area contributed by atoms with E-state index >= 15 is 0 Å². The molecule has 2 atom stereocenters. The molecule has 0 heterocycles.